The molecule has 1 N–H and O–H groups in total. The zero-order chi connectivity index (χ0) is 13.2. The van der Waals surface area contributed by atoms with Crippen LogP contribution in [0.5, 0.6) is 0 Å². The van der Waals surface area contributed by atoms with E-state index in [9.17, 15) is 0 Å². The average Bonchev–Trinajstić information content (AvgIpc) is 2.83. The fourth-order valence-electron chi connectivity index (χ4n) is 2.78. The Kier molecular flexibility index (Phi) is 3.71. The zero-order valence-electron chi connectivity index (χ0n) is 11.1. The number of halogens is 1. The minimum Gasteiger partial charge on any atom is -0.316 e. The number of nitrogens with one attached hydrogen (secondary N) is 1. The molecule has 1 fully saturated rings. The maximum Gasteiger partial charge on any atom is 0.0649 e. The Morgan fingerprint density at radius 3 is 2.79 bits per heavy atom. The van der Waals surface area contributed by atoms with Crippen molar-refractivity contribution >= 4 is 15.9 Å². The van der Waals surface area contributed by atoms with Gasteiger partial charge in [0.2, 0.25) is 0 Å². The van der Waals surface area contributed by atoms with Crippen LogP contribution in [0.3, 0.4) is 0 Å². The van der Waals surface area contributed by atoms with Crippen molar-refractivity contribution in [3.8, 4) is 5.69 Å². The van der Waals surface area contributed by atoms with Crippen LogP contribution in [0.1, 0.15) is 30.0 Å². The summed E-state index contributed by atoms with van der Waals surface area (Å²) >= 11 is 3.47. The van der Waals surface area contributed by atoms with E-state index in [2.05, 4.69) is 57.5 Å². The topological polar surface area (TPSA) is 29.9 Å². The van der Waals surface area contributed by atoms with Crippen LogP contribution in [-0.4, -0.2) is 22.9 Å². The molecule has 1 aliphatic rings. The second-order valence-electron chi connectivity index (χ2n) is 5.12. The molecule has 0 amide bonds. The molecule has 0 saturated carbocycles. The summed E-state index contributed by atoms with van der Waals surface area (Å²) in [6, 6.07) is 8.29. The molecule has 19 heavy (non-hydrogen) atoms. The number of hydrogen-bond donors (Lipinski definition) is 1. The van der Waals surface area contributed by atoms with Crippen molar-refractivity contribution in [3.63, 3.8) is 0 Å². The smallest absolute Gasteiger partial charge is 0.0649 e. The molecule has 2 aromatic rings. The first-order chi connectivity index (χ1) is 9.25. The largest absolute Gasteiger partial charge is 0.316 e. The van der Waals surface area contributed by atoms with Crippen molar-refractivity contribution in [2.75, 3.05) is 13.1 Å². The minimum absolute atomic E-state index is 0.609. The molecule has 0 aliphatic carbocycles. The van der Waals surface area contributed by atoms with E-state index < -0.39 is 0 Å². The molecular formula is C15H18BrN3. The quantitative estimate of drug-likeness (QED) is 0.919. The summed E-state index contributed by atoms with van der Waals surface area (Å²) in [4.78, 5) is 0. The van der Waals surface area contributed by atoms with Crippen LogP contribution >= 0.6 is 15.9 Å². The van der Waals surface area contributed by atoms with Crippen LogP contribution in [-0.2, 0) is 0 Å². The molecule has 3 rings (SSSR count). The van der Waals surface area contributed by atoms with Crippen LogP contribution in [0.2, 0.25) is 0 Å². The van der Waals surface area contributed by atoms with Crippen molar-refractivity contribution in [2.24, 2.45) is 0 Å². The summed E-state index contributed by atoms with van der Waals surface area (Å²) in [7, 11) is 0. The van der Waals surface area contributed by atoms with Gasteiger partial charge in [-0.25, -0.2) is 4.68 Å². The predicted octanol–water partition coefficient (Wildman–Crippen LogP) is 3.41. The third-order valence-corrected chi connectivity index (χ3v) is 4.38. The fraction of sp³-hybridized carbons (Fsp3) is 0.400. The number of hydrogen-bond acceptors (Lipinski definition) is 2. The molecule has 1 aromatic carbocycles. The fourth-order valence-corrected chi connectivity index (χ4v) is 3.05. The number of piperidine rings is 1. The van der Waals surface area contributed by atoms with Crippen molar-refractivity contribution in [1.82, 2.24) is 15.1 Å². The van der Waals surface area contributed by atoms with Gasteiger partial charge in [0.1, 0.15) is 0 Å². The molecule has 1 saturated heterocycles. The molecule has 1 aromatic heterocycles. The lowest BCUT2D eigenvalue weighted by atomic mass is 9.92. The van der Waals surface area contributed by atoms with E-state index in [1.165, 1.54) is 24.1 Å². The molecule has 4 heteroatoms. The normalized spacial score (nSPS) is 19.6. The Bertz CT molecular complexity index is 553. The molecule has 1 atom stereocenters. The van der Waals surface area contributed by atoms with E-state index >= 15 is 0 Å². The predicted molar refractivity (Wildman–Crippen MR) is 80.8 cm³/mol. The summed E-state index contributed by atoms with van der Waals surface area (Å²) in [6.07, 6.45) is 4.56. The lowest BCUT2D eigenvalue weighted by Crippen LogP contribution is -2.28. The summed E-state index contributed by atoms with van der Waals surface area (Å²) < 4.78 is 3.13. The SMILES string of the molecule is Cc1c(C2CCCNC2)cnn1-c1ccc(Br)cc1. The van der Waals surface area contributed by atoms with Gasteiger partial charge >= 0.3 is 0 Å². The van der Waals surface area contributed by atoms with Crippen LogP contribution in [0.15, 0.2) is 34.9 Å². The van der Waals surface area contributed by atoms with Crippen molar-refractivity contribution in [2.45, 2.75) is 25.7 Å². The third-order valence-electron chi connectivity index (χ3n) is 3.86. The Morgan fingerprint density at radius 1 is 1.32 bits per heavy atom. The Labute approximate surface area is 122 Å². The summed E-state index contributed by atoms with van der Waals surface area (Å²) in [6.45, 7) is 4.39. The third kappa shape index (κ3) is 2.60. The first-order valence-corrected chi connectivity index (χ1v) is 7.56. The highest BCUT2D eigenvalue weighted by Crippen LogP contribution is 2.27. The molecule has 0 radical (unpaired) electrons. The van der Waals surface area contributed by atoms with E-state index in [-0.39, 0.29) is 0 Å². The summed E-state index contributed by atoms with van der Waals surface area (Å²) in [5, 5.41) is 8.04. The van der Waals surface area contributed by atoms with E-state index in [1.54, 1.807) is 0 Å². The lowest BCUT2D eigenvalue weighted by Gasteiger charge is -2.22. The molecule has 2 heterocycles. The van der Waals surface area contributed by atoms with Crippen LogP contribution in [0.25, 0.3) is 5.69 Å². The number of benzene rings is 1. The van der Waals surface area contributed by atoms with E-state index in [0.717, 1.165) is 23.2 Å². The summed E-state index contributed by atoms with van der Waals surface area (Å²) in [5.41, 5.74) is 3.77. The second kappa shape index (κ2) is 5.47. The second-order valence-corrected chi connectivity index (χ2v) is 6.03. The highest BCUT2D eigenvalue weighted by molar-refractivity contribution is 9.10. The Balaban J connectivity index is 1.91. The van der Waals surface area contributed by atoms with E-state index in [0.29, 0.717) is 5.92 Å². The van der Waals surface area contributed by atoms with Gasteiger partial charge < -0.3 is 5.32 Å². The van der Waals surface area contributed by atoms with Gasteiger partial charge in [0.15, 0.2) is 0 Å². The molecule has 1 aliphatic heterocycles. The van der Waals surface area contributed by atoms with Crippen LogP contribution < -0.4 is 5.32 Å². The van der Waals surface area contributed by atoms with Gasteiger partial charge in [-0.05, 0) is 62.1 Å². The Morgan fingerprint density at radius 2 is 2.11 bits per heavy atom. The maximum atomic E-state index is 4.56. The Hall–Kier alpha value is -1.13. The van der Waals surface area contributed by atoms with Gasteiger partial charge in [-0.2, -0.15) is 5.10 Å². The first-order valence-electron chi connectivity index (χ1n) is 6.77. The number of aromatic nitrogens is 2. The monoisotopic (exact) mass is 319 g/mol. The van der Waals surface area contributed by atoms with Gasteiger partial charge in [0.25, 0.3) is 0 Å². The lowest BCUT2D eigenvalue weighted by molar-refractivity contribution is 0.460. The van der Waals surface area contributed by atoms with Crippen LogP contribution in [0.4, 0.5) is 0 Å². The molecule has 100 valence electrons. The van der Waals surface area contributed by atoms with Gasteiger partial charge in [-0.1, -0.05) is 15.9 Å². The highest BCUT2D eigenvalue weighted by Gasteiger charge is 2.20. The van der Waals surface area contributed by atoms with Crippen LogP contribution in [0, 0.1) is 6.92 Å². The molecule has 3 nitrogen and oxygen atoms in total. The first kappa shape index (κ1) is 12.9. The van der Waals surface area contributed by atoms with Crippen molar-refractivity contribution in [1.29, 1.82) is 0 Å². The van der Waals surface area contributed by atoms with Crippen molar-refractivity contribution < 1.29 is 0 Å². The molecule has 0 bridgehead atoms. The van der Waals surface area contributed by atoms with Gasteiger partial charge in [0, 0.05) is 16.7 Å². The maximum absolute atomic E-state index is 4.56. The number of rotatable bonds is 2. The minimum atomic E-state index is 0.609. The van der Waals surface area contributed by atoms with E-state index in [1.807, 2.05) is 10.9 Å². The molecule has 0 spiro atoms. The highest BCUT2D eigenvalue weighted by atomic mass is 79.9. The summed E-state index contributed by atoms with van der Waals surface area (Å²) in [5.74, 6) is 0.609. The zero-order valence-corrected chi connectivity index (χ0v) is 12.7. The van der Waals surface area contributed by atoms with Gasteiger partial charge in [-0.15, -0.1) is 0 Å². The molecular weight excluding hydrogens is 302 g/mol. The van der Waals surface area contributed by atoms with Gasteiger partial charge in [-0.3, -0.25) is 0 Å². The van der Waals surface area contributed by atoms with Crippen molar-refractivity contribution in [3.05, 3.63) is 46.2 Å². The van der Waals surface area contributed by atoms with Gasteiger partial charge in [0.05, 0.1) is 11.9 Å². The average molecular weight is 320 g/mol. The number of nitrogens with zero attached hydrogens (tertiary/aromatic N) is 2. The van der Waals surface area contributed by atoms with E-state index in [4.69, 9.17) is 0 Å². The standard InChI is InChI=1S/C15H18BrN3/c1-11-15(12-3-2-8-17-9-12)10-18-19(11)14-6-4-13(16)5-7-14/h4-7,10,12,17H,2-3,8-9H2,1H3. The molecule has 1 unspecified atom stereocenters.